The molecule has 0 aliphatic rings. The van der Waals surface area contributed by atoms with E-state index in [0.717, 1.165) is 4.47 Å². The minimum Gasteiger partial charge on any atom is -0.325 e. The Labute approximate surface area is 107 Å². The van der Waals surface area contributed by atoms with Gasteiger partial charge >= 0.3 is 0 Å². The number of nitrogens with one attached hydrogen (secondary N) is 1. The third-order valence-corrected chi connectivity index (χ3v) is 2.83. The number of benzene rings is 1. The van der Waals surface area contributed by atoms with Gasteiger partial charge in [0.05, 0.1) is 10.7 Å². The second kappa shape index (κ2) is 6.36. The number of carbonyl (C=O) groups is 1. The van der Waals surface area contributed by atoms with Crippen molar-refractivity contribution in [1.82, 2.24) is 0 Å². The predicted octanol–water partition coefficient (Wildman–Crippen LogP) is 4.06. The highest BCUT2D eigenvalue weighted by Gasteiger charge is 2.05. The zero-order valence-electron chi connectivity index (χ0n) is 7.90. The number of halogens is 3. The number of hydrogen-bond donors (Lipinski definition) is 1. The smallest absolute Gasteiger partial charge is 0.224 e. The quantitative estimate of drug-likeness (QED) is 0.835. The van der Waals surface area contributed by atoms with Crippen LogP contribution in [0.25, 0.3) is 0 Å². The summed E-state index contributed by atoms with van der Waals surface area (Å²) in [5.41, 5.74) is 0.616. The van der Waals surface area contributed by atoms with Crippen molar-refractivity contribution in [3.05, 3.63) is 27.7 Å². The highest BCUT2D eigenvalue weighted by Crippen LogP contribution is 2.25. The molecule has 0 radical (unpaired) electrons. The van der Waals surface area contributed by atoms with Crippen molar-refractivity contribution in [2.45, 2.75) is 12.8 Å². The maximum absolute atomic E-state index is 11.4. The van der Waals surface area contributed by atoms with Gasteiger partial charge in [0.15, 0.2) is 0 Å². The summed E-state index contributed by atoms with van der Waals surface area (Å²) in [7, 11) is 0. The van der Waals surface area contributed by atoms with Crippen LogP contribution in [0.1, 0.15) is 12.8 Å². The Balaban J connectivity index is 2.63. The van der Waals surface area contributed by atoms with Gasteiger partial charge in [0.2, 0.25) is 5.91 Å². The van der Waals surface area contributed by atoms with Crippen LogP contribution in [0.15, 0.2) is 22.7 Å². The second-order valence-electron chi connectivity index (χ2n) is 2.96. The lowest BCUT2D eigenvalue weighted by atomic mass is 10.3. The average molecular weight is 311 g/mol. The molecule has 1 aromatic carbocycles. The standard InChI is InChI=1S/C10H10BrCl2NO/c11-7-3-4-8(13)9(6-7)14-10(15)2-1-5-12/h3-4,6H,1-2,5H2,(H,14,15). The fourth-order valence-electron chi connectivity index (χ4n) is 1.03. The highest BCUT2D eigenvalue weighted by molar-refractivity contribution is 9.10. The summed E-state index contributed by atoms with van der Waals surface area (Å²) in [6.07, 6.45) is 1.07. The predicted molar refractivity (Wildman–Crippen MR) is 67.7 cm³/mol. The van der Waals surface area contributed by atoms with Gasteiger partial charge < -0.3 is 5.32 Å². The van der Waals surface area contributed by atoms with Crippen molar-refractivity contribution in [2.75, 3.05) is 11.2 Å². The number of alkyl halides is 1. The number of amides is 1. The number of rotatable bonds is 4. The van der Waals surface area contributed by atoms with Gasteiger partial charge in [0, 0.05) is 16.8 Å². The minimum atomic E-state index is -0.0735. The molecule has 1 aromatic rings. The molecule has 5 heteroatoms. The first-order chi connectivity index (χ1) is 7.13. The van der Waals surface area contributed by atoms with E-state index in [0.29, 0.717) is 29.4 Å². The summed E-state index contributed by atoms with van der Waals surface area (Å²) in [6, 6.07) is 5.31. The van der Waals surface area contributed by atoms with Gasteiger partial charge in [0.25, 0.3) is 0 Å². The van der Waals surface area contributed by atoms with Crippen molar-refractivity contribution < 1.29 is 4.79 Å². The zero-order valence-corrected chi connectivity index (χ0v) is 11.0. The number of anilines is 1. The molecule has 0 fully saturated rings. The van der Waals surface area contributed by atoms with Crippen LogP contribution in [0.3, 0.4) is 0 Å². The number of hydrogen-bond acceptors (Lipinski definition) is 1. The van der Waals surface area contributed by atoms with Gasteiger partial charge in [-0.2, -0.15) is 0 Å². The van der Waals surface area contributed by atoms with Crippen LogP contribution in [-0.4, -0.2) is 11.8 Å². The maximum Gasteiger partial charge on any atom is 0.224 e. The van der Waals surface area contributed by atoms with Gasteiger partial charge in [-0.1, -0.05) is 27.5 Å². The maximum atomic E-state index is 11.4. The van der Waals surface area contributed by atoms with Gasteiger partial charge in [-0.3, -0.25) is 4.79 Å². The van der Waals surface area contributed by atoms with E-state index < -0.39 is 0 Å². The molecule has 0 unspecified atom stereocenters. The van der Waals surface area contributed by atoms with Crippen molar-refractivity contribution >= 4 is 50.7 Å². The third kappa shape index (κ3) is 4.41. The van der Waals surface area contributed by atoms with Crippen LogP contribution in [0.5, 0.6) is 0 Å². The lowest BCUT2D eigenvalue weighted by Crippen LogP contribution is -2.11. The lowest BCUT2D eigenvalue weighted by Gasteiger charge is -2.06. The Bertz CT molecular complexity index is 357. The van der Waals surface area contributed by atoms with E-state index in [2.05, 4.69) is 21.2 Å². The van der Waals surface area contributed by atoms with Crippen LogP contribution in [-0.2, 0) is 4.79 Å². The van der Waals surface area contributed by atoms with E-state index in [9.17, 15) is 4.79 Å². The molecule has 1 N–H and O–H groups in total. The van der Waals surface area contributed by atoms with Gasteiger partial charge in [-0.25, -0.2) is 0 Å². The van der Waals surface area contributed by atoms with Gasteiger partial charge in [-0.05, 0) is 24.6 Å². The molecule has 0 aromatic heterocycles. The Morgan fingerprint density at radius 3 is 2.87 bits per heavy atom. The van der Waals surface area contributed by atoms with Crippen molar-refractivity contribution in [3.63, 3.8) is 0 Å². The Morgan fingerprint density at radius 1 is 1.47 bits per heavy atom. The molecule has 1 rings (SSSR count). The fourth-order valence-corrected chi connectivity index (χ4v) is 1.69. The van der Waals surface area contributed by atoms with E-state index >= 15 is 0 Å². The lowest BCUT2D eigenvalue weighted by molar-refractivity contribution is -0.116. The summed E-state index contributed by atoms with van der Waals surface area (Å²) in [5.74, 6) is 0.412. The van der Waals surface area contributed by atoms with Crippen LogP contribution >= 0.6 is 39.1 Å². The highest BCUT2D eigenvalue weighted by atomic mass is 79.9. The van der Waals surface area contributed by atoms with E-state index in [-0.39, 0.29) is 5.91 Å². The average Bonchev–Trinajstić information content (AvgIpc) is 2.20. The third-order valence-electron chi connectivity index (χ3n) is 1.74. The van der Waals surface area contributed by atoms with E-state index in [1.165, 1.54) is 0 Å². The summed E-state index contributed by atoms with van der Waals surface area (Å²) in [5, 5.41) is 3.25. The molecule has 15 heavy (non-hydrogen) atoms. The topological polar surface area (TPSA) is 29.1 Å². The molecular weight excluding hydrogens is 301 g/mol. The van der Waals surface area contributed by atoms with Crippen LogP contribution < -0.4 is 5.32 Å². The monoisotopic (exact) mass is 309 g/mol. The fraction of sp³-hybridized carbons (Fsp3) is 0.300. The molecule has 0 aliphatic carbocycles. The summed E-state index contributed by atoms with van der Waals surface area (Å²) in [4.78, 5) is 11.4. The number of carbonyl (C=O) groups excluding carboxylic acids is 1. The molecule has 0 saturated heterocycles. The molecule has 0 aliphatic heterocycles. The van der Waals surface area contributed by atoms with E-state index in [4.69, 9.17) is 23.2 Å². The summed E-state index contributed by atoms with van der Waals surface area (Å²) in [6.45, 7) is 0. The van der Waals surface area contributed by atoms with Gasteiger partial charge in [0.1, 0.15) is 0 Å². The molecule has 82 valence electrons. The molecule has 2 nitrogen and oxygen atoms in total. The van der Waals surface area contributed by atoms with Crippen molar-refractivity contribution in [3.8, 4) is 0 Å². The Hall–Kier alpha value is -0.250. The summed E-state index contributed by atoms with van der Waals surface area (Å²) >= 11 is 14.7. The molecule has 0 saturated carbocycles. The first-order valence-electron chi connectivity index (χ1n) is 4.44. The van der Waals surface area contributed by atoms with E-state index in [1.807, 2.05) is 6.07 Å². The zero-order chi connectivity index (χ0) is 11.3. The normalized spacial score (nSPS) is 10.1. The molecule has 0 heterocycles. The van der Waals surface area contributed by atoms with E-state index in [1.54, 1.807) is 12.1 Å². The first-order valence-corrected chi connectivity index (χ1v) is 6.15. The first kappa shape index (κ1) is 12.8. The van der Waals surface area contributed by atoms with Gasteiger partial charge in [-0.15, -0.1) is 11.6 Å². The largest absolute Gasteiger partial charge is 0.325 e. The minimum absolute atomic E-state index is 0.0735. The molecule has 0 atom stereocenters. The molecule has 0 bridgehead atoms. The SMILES string of the molecule is O=C(CCCCl)Nc1cc(Br)ccc1Cl. The van der Waals surface area contributed by atoms with Crippen molar-refractivity contribution in [1.29, 1.82) is 0 Å². The molecule has 1 amide bonds. The molecule has 0 spiro atoms. The Kier molecular flexibility index (Phi) is 5.43. The van der Waals surface area contributed by atoms with Crippen LogP contribution in [0.2, 0.25) is 5.02 Å². The molecular formula is C10H10BrCl2NO. The Morgan fingerprint density at radius 2 is 2.20 bits per heavy atom. The second-order valence-corrected chi connectivity index (χ2v) is 4.67. The van der Waals surface area contributed by atoms with Crippen molar-refractivity contribution in [2.24, 2.45) is 0 Å². The van der Waals surface area contributed by atoms with Crippen LogP contribution in [0.4, 0.5) is 5.69 Å². The van der Waals surface area contributed by atoms with Crippen LogP contribution in [0, 0.1) is 0 Å². The summed E-state index contributed by atoms with van der Waals surface area (Å²) < 4.78 is 0.875.